The fraction of sp³-hybridized carbons (Fsp3) is 0.417. The number of sulfonamides is 1. The van der Waals surface area contributed by atoms with Gasteiger partial charge in [-0.2, -0.15) is 0 Å². The van der Waals surface area contributed by atoms with Gasteiger partial charge in [0.2, 0.25) is 15.9 Å². The Morgan fingerprint density at radius 2 is 2.05 bits per heavy atom. The largest absolute Gasteiger partial charge is 0.396 e. The Morgan fingerprint density at radius 1 is 1.40 bits per heavy atom. The molecule has 0 saturated heterocycles. The third-order valence-corrected chi connectivity index (χ3v) is 3.68. The molecule has 1 rings (SSSR count). The lowest BCUT2D eigenvalue weighted by Gasteiger charge is -2.21. The van der Waals surface area contributed by atoms with Crippen LogP contribution in [0.1, 0.15) is 13.3 Å². The molecule has 0 aliphatic carbocycles. The summed E-state index contributed by atoms with van der Waals surface area (Å²) < 4.78 is 22.8. The summed E-state index contributed by atoms with van der Waals surface area (Å²) in [6, 6.07) is 4.50. The molecule has 0 heterocycles. The van der Waals surface area contributed by atoms with Crippen molar-refractivity contribution in [3.63, 3.8) is 0 Å². The number of carbonyl (C=O) groups excluding carboxylic acids is 1. The number of likely N-dealkylation sites (N-methyl/N-ethyl adjacent to an activating group) is 1. The zero-order valence-corrected chi connectivity index (χ0v) is 12.4. The summed E-state index contributed by atoms with van der Waals surface area (Å²) in [6.45, 7) is 2.63. The van der Waals surface area contributed by atoms with Gasteiger partial charge in [-0.25, -0.2) is 13.6 Å². The second-order valence-corrected chi connectivity index (χ2v) is 5.97. The minimum absolute atomic E-state index is 0.0424. The summed E-state index contributed by atoms with van der Waals surface area (Å²) in [5.41, 5.74) is 6.30. The van der Waals surface area contributed by atoms with E-state index in [2.05, 4.69) is 5.32 Å². The van der Waals surface area contributed by atoms with Gasteiger partial charge in [-0.3, -0.25) is 4.79 Å². The predicted octanol–water partition coefficient (Wildman–Crippen LogP) is -0.121. The first kappa shape index (κ1) is 16.3. The molecule has 0 bridgehead atoms. The summed E-state index contributed by atoms with van der Waals surface area (Å²) in [5, 5.41) is 7.82. The van der Waals surface area contributed by atoms with Gasteiger partial charge < -0.3 is 16.0 Å². The van der Waals surface area contributed by atoms with Crippen molar-refractivity contribution in [1.82, 2.24) is 5.32 Å². The number of rotatable bonds is 6. The van der Waals surface area contributed by atoms with Crippen molar-refractivity contribution < 1.29 is 13.2 Å². The Bertz CT molecular complexity index is 586. The van der Waals surface area contributed by atoms with Crippen LogP contribution in [0.5, 0.6) is 0 Å². The van der Waals surface area contributed by atoms with E-state index in [0.29, 0.717) is 12.2 Å². The highest BCUT2D eigenvalue weighted by Crippen LogP contribution is 2.28. The van der Waals surface area contributed by atoms with Gasteiger partial charge in [0, 0.05) is 13.6 Å². The van der Waals surface area contributed by atoms with Crippen LogP contribution >= 0.6 is 0 Å². The number of hydrogen-bond donors (Lipinski definition) is 3. The van der Waals surface area contributed by atoms with E-state index in [9.17, 15) is 13.2 Å². The number of nitrogens with one attached hydrogen (secondary N) is 1. The number of carbonyl (C=O) groups is 1. The summed E-state index contributed by atoms with van der Waals surface area (Å²) in [7, 11) is -2.23. The van der Waals surface area contributed by atoms with Gasteiger partial charge in [0.1, 0.15) is 4.90 Å². The average Bonchev–Trinajstić information content (AvgIpc) is 2.35. The SMILES string of the molecule is CCCNC(=O)CN(C)c1cccc(S(N)(=O)=O)c1N. The maximum Gasteiger partial charge on any atom is 0.240 e. The Morgan fingerprint density at radius 3 is 2.60 bits per heavy atom. The Labute approximate surface area is 119 Å². The van der Waals surface area contributed by atoms with E-state index in [-0.39, 0.29) is 23.0 Å². The van der Waals surface area contributed by atoms with Gasteiger partial charge in [-0.05, 0) is 18.6 Å². The molecular formula is C12H20N4O3S. The molecule has 1 aromatic rings. The number of nitrogens with two attached hydrogens (primary N) is 2. The molecule has 5 N–H and O–H groups in total. The van der Waals surface area contributed by atoms with Crippen LogP contribution in [0.3, 0.4) is 0 Å². The number of para-hydroxylation sites is 1. The van der Waals surface area contributed by atoms with E-state index in [1.807, 2.05) is 6.92 Å². The van der Waals surface area contributed by atoms with Crippen LogP contribution in [-0.4, -0.2) is 34.5 Å². The first-order chi connectivity index (χ1) is 9.27. The summed E-state index contributed by atoms with van der Waals surface area (Å²) in [5.74, 6) is -0.158. The maximum atomic E-state index is 11.6. The van der Waals surface area contributed by atoms with Crippen molar-refractivity contribution in [2.75, 3.05) is 30.8 Å². The van der Waals surface area contributed by atoms with Crippen molar-refractivity contribution >= 4 is 27.3 Å². The second-order valence-electron chi connectivity index (χ2n) is 4.44. The molecule has 0 aliphatic rings. The van der Waals surface area contributed by atoms with Crippen LogP contribution in [0.15, 0.2) is 23.1 Å². The number of nitrogens with zero attached hydrogens (tertiary/aromatic N) is 1. The summed E-state index contributed by atoms with van der Waals surface area (Å²) in [4.78, 5) is 13.1. The van der Waals surface area contributed by atoms with E-state index in [4.69, 9.17) is 10.9 Å². The van der Waals surface area contributed by atoms with Crippen molar-refractivity contribution in [3.8, 4) is 0 Å². The molecule has 0 radical (unpaired) electrons. The van der Waals surface area contributed by atoms with Gasteiger partial charge in [0.05, 0.1) is 17.9 Å². The first-order valence-corrected chi connectivity index (χ1v) is 7.71. The summed E-state index contributed by atoms with van der Waals surface area (Å²) >= 11 is 0. The second kappa shape index (κ2) is 6.58. The van der Waals surface area contributed by atoms with Crippen LogP contribution in [0.4, 0.5) is 11.4 Å². The fourth-order valence-corrected chi connectivity index (χ4v) is 2.41. The van der Waals surface area contributed by atoms with Gasteiger partial charge in [0.15, 0.2) is 0 Å². The maximum absolute atomic E-state index is 11.6. The summed E-state index contributed by atoms with van der Waals surface area (Å²) in [6.07, 6.45) is 0.846. The smallest absolute Gasteiger partial charge is 0.240 e. The fourth-order valence-electron chi connectivity index (χ4n) is 1.73. The minimum atomic E-state index is -3.88. The van der Waals surface area contributed by atoms with Crippen LogP contribution in [-0.2, 0) is 14.8 Å². The van der Waals surface area contributed by atoms with Crippen molar-refractivity contribution in [2.24, 2.45) is 5.14 Å². The van der Waals surface area contributed by atoms with Crippen LogP contribution < -0.4 is 21.1 Å². The number of nitrogen functional groups attached to an aromatic ring is 1. The number of benzene rings is 1. The third-order valence-electron chi connectivity index (χ3n) is 2.71. The van der Waals surface area contributed by atoms with Crippen molar-refractivity contribution in [3.05, 3.63) is 18.2 Å². The normalized spacial score (nSPS) is 11.2. The molecule has 0 atom stereocenters. The highest BCUT2D eigenvalue weighted by molar-refractivity contribution is 7.89. The highest BCUT2D eigenvalue weighted by atomic mass is 32.2. The number of primary sulfonamides is 1. The molecule has 1 aromatic carbocycles. The van der Waals surface area contributed by atoms with Crippen molar-refractivity contribution in [1.29, 1.82) is 0 Å². The van der Waals surface area contributed by atoms with Gasteiger partial charge in [-0.15, -0.1) is 0 Å². The molecule has 0 unspecified atom stereocenters. The van der Waals surface area contributed by atoms with E-state index >= 15 is 0 Å². The van der Waals surface area contributed by atoms with Gasteiger partial charge in [0.25, 0.3) is 0 Å². The molecule has 7 nitrogen and oxygen atoms in total. The lowest BCUT2D eigenvalue weighted by Crippen LogP contribution is -2.35. The minimum Gasteiger partial charge on any atom is -0.396 e. The molecule has 0 saturated carbocycles. The topological polar surface area (TPSA) is 119 Å². The Kier molecular flexibility index (Phi) is 5.34. The van der Waals surface area contributed by atoms with E-state index in [1.165, 1.54) is 12.1 Å². The Hall–Kier alpha value is -1.80. The lowest BCUT2D eigenvalue weighted by molar-refractivity contribution is -0.119. The van der Waals surface area contributed by atoms with Crippen LogP contribution in [0.25, 0.3) is 0 Å². The van der Waals surface area contributed by atoms with Crippen LogP contribution in [0, 0.1) is 0 Å². The van der Waals surface area contributed by atoms with E-state index in [1.54, 1.807) is 18.0 Å². The molecule has 20 heavy (non-hydrogen) atoms. The standard InChI is InChI=1S/C12H20N4O3S/c1-3-7-15-11(17)8-16(2)9-5-4-6-10(12(9)13)20(14,18)19/h4-6H,3,7-8,13H2,1-2H3,(H,15,17)(H2,14,18,19). The molecule has 8 heteroatoms. The number of anilines is 2. The molecule has 1 amide bonds. The van der Waals surface area contributed by atoms with E-state index in [0.717, 1.165) is 6.42 Å². The molecular weight excluding hydrogens is 280 g/mol. The first-order valence-electron chi connectivity index (χ1n) is 6.16. The molecule has 112 valence electrons. The number of amides is 1. The quantitative estimate of drug-likeness (QED) is 0.633. The van der Waals surface area contributed by atoms with Gasteiger partial charge in [-0.1, -0.05) is 13.0 Å². The van der Waals surface area contributed by atoms with Gasteiger partial charge >= 0.3 is 0 Å². The number of hydrogen-bond acceptors (Lipinski definition) is 5. The zero-order chi connectivity index (χ0) is 15.3. The molecule has 0 fully saturated rings. The van der Waals surface area contributed by atoms with E-state index < -0.39 is 10.0 Å². The molecule has 0 aromatic heterocycles. The molecule has 0 spiro atoms. The predicted molar refractivity (Wildman–Crippen MR) is 78.8 cm³/mol. The lowest BCUT2D eigenvalue weighted by atomic mass is 10.2. The van der Waals surface area contributed by atoms with Crippen molar-refractivity contribution in [2.45, 2.75) is 18.2 Å². The monoisotopic (exact) mass is 300 g/mol. The Balaban J connectivity index is 2.94. The molecule has 0 aliphatic heterocycles. The van der Waals surface area contributed by atoms with Crippen LogP contribution in [0.2, 0.25) is 0 Å². The average molecular weight is 300 g/mol. The highest BCUT2D eigenvalue weighted by Gasteiger charge is 2.17. The third kappa shape index (κ3) is 4.10. The zero-order valence-electron chi connectivity index (χ0n) is 11.6.